The molecule has 0 saturated carbocycles. The molecule has 0 unspecified atom stereocenters. The molecule has 6 nitrogen and oxygen atoms in total. The molecule has 2 aromatic heterocycles. The molecule has 1 aliphatic heterocycles. The van der Waals surface area contributed by atoms with Gasteiger partial charge in [0.15, 0.2) is 0 Å². The van der Waals surface area contributed by atoms with E-state index >= 15 is 0 Å². The highest BCUT2D eigenvalue weighted by atomic mass is 32.2. The predicted molar refractivity (Wildman–Crippen MR) is 105 cm³/mol. The van der Waals surface area contributed by atoms with E-state index in [0.29, 0.717) is 16.7 Å². The first-order chi connectivity index (χ1) is 13.0. The van der Waals surface area contributed by atoms with Crippen molar-refractivity contribution in [2.24, 2.45) is 0 Å². The van der Waals surface area contributed by atoms with Crippen molar-refractivity contribution in [3.05, 3.63) is 60.0 Å². The van der Waals surface area contributed by atoms with Gasteiger partial charge in [0.25, 0.3) is 10.0 Å². The van der Waals surface area contributed by atoms with Crippen molar-refractivity contribution in [1.29, 1.82) is 0 Å². The van der Waals surface area contributed by atoms with Crippen LogP contribution in [0, 0.1) is 0 Å². The summed E-state index contributed by atoms with van der Waals surface area (Å²) in [6.07, 6.45) is 2.45. The van der Waals surface area contributed by atoms with Gasteiger partial charge in [-0.2, -0.15) is 0 Å². The monoisotopic (exact) mass is 381 g/mol. The van der Waals surface area contributed by atoms with E-state index in [1.165, 1.54) is 11.8 Å². The number of benzene rings is 2. The third kappa shape index (κ3) is 2.62. The van der Waals surface area contributed by atoms with Crippen molar-refractivity contribution in [2.45, 2.75) is 17.9 Å². The summed E-state index contributed by atoms with van der Waals surface area (Å²) in [5, 5.41) is 1.66. The number of furan rings is 1. The molecule has 138 valence electrons. The summed E-state index contributed by atoms with van der Waals surface area (Å²) in [6.45, 7) is 1.84. The molecule has 2 aromatic carbocycles. The van der Waals surface area contributed by atoms with Gasteiger partial charge >= 0.3 is 0 Å². The van der Waals surface area contributed by atoms with Crippen LogP contribution in [0.3, 0.4) is 0 Å². The summed E-state index contributed by atoms with van der Waals surface area (Å²) in [4.78, 5) is 5.90. The highest BCUT2D eigenvalue weighted by Gasteiger charge is 2.23. The van der Waals surface area contributed by atoms with Gasteiger partial charge in [-0.3, -0.25) is 4.72 Å². The summed E-state index contributed by atoms with van der Waals surface area (Å²) in [7, 11) is -1.67. The Bertz CT molecular complexity index is 1270. The average molecular weight is 381 g/mol. The minimum absolute atomic E-state index is 0.210. The van der Waals surface area contributed by atoms with Gasteiger partial charge in [-0.15, -0.1) is 0 Å². The van der Waals surface area contributed by atoms with Gasteiger partial charge in [0.1, 0.15) is 5.58 Å². The van der Waals surface area contributed by atoms with E-state index in [0.717, 1.165) is 36.1 Å². The number of likely N-dealkylation sites (N-methyl/N-ethyl adjacent to an activating group) is 1. The smallest absolute Gasteiger partial charge is 0.262 e. The van der Waals surface area contributed by atoms with E-state index in [4.69, 9.17) is 4.42 Å². The number of aromatic nitrogens is 1. The molecule has 5 rings (SSSR count). The highest BCUT2D eigenvalue weighted by Crippen LogP contribution is 2.33. The summed E-state index contributed by atoms with van der Waals surface area (Å²) in [6, 6.07) is 12.4. The molecule has 0 spiro atoms. The second-order valence-corrected chi connectivity index (χ2v) is 8.64. The van der Waals surface area contributed by atoms with Crippen LogP contribution >= 0.6 is 0 Å². The Morgan fingerprint density at radius 1 is 1.11 bits per heavy atom. The highest BCUT2D eigenvalue weighted by molar-refractivity contribution is 7.93. The van der Waals surface area contributed by atoms with Gasteiger partial charge in [0.2, 0.25) is 0 Å². The Kier molecular flexibility index (Phi) is 3.57. The molecule has 7 heteroatoms. The maximum absolute atomic E-state index is 13.1. The molecule has 4 aromatic rings. The summed E-state index contributed by atoms with van der Waals surface area (Å²) in [5.74, 6) is 0. The summed E-state index contributed by atoms with van der Waals surface area (Å²) >= 11 is 0. The zero-order valence-electron chi connectivity index (χ0n) is 14.8. The zero-order chi connectivity index (χ0) is 18.6. The zero-order valence-corrected chi connectivity index (χ0v) is 15.6. The van der Waals surface area contributed by atoms with E-state index in [2.05, 4.69) is 21.7 Å². The van der Waals surface area contributed by atoms with Crippen LogP contribution in [-0.2, 0) is 23.0 Å². The molecule has 1 aliphatic rings. The Morgan fingerprint density at radius 2 is 1.96 bits per heavy atom. The first kappa shape index (κ1) is 16.4. The maximum Gasteiger partial charge on any atom is 0.262 e. The van der Waals surface area contributed by atoms with Crippen LogP contribution in [0.2, 0.25) is 0 Å². The molecule has 27 heavy (non-hydrogen) atoms. The number of fused-ring (bicyclic) bond motifs is 4. The number of nitrogens with zero attached hydrogens (tertiary/aromatic N) is 1. The number of anilines is 1. The lowest BCUT2D eigenvalue weighted by molar-refractivity contribution is 0.310. The molecular formula is C20H19N3O3S. The van der Waals surface area contributed by atoms with Gasteiger partial charge in [-0.25, -0.2) is 8.42 Å². The molecule has 0 atom stereocenters. The van der Waals surface area contributed by atoms with Crippen LogP contribution in [0.25, 0.3) is 21.9 Å². The van der Waals surface area contributed by atoms with Crippen molar-refractivity contribution >= 4 is 37.6 Å². The van der Waals surface area contributed by atoms with Crippen molar-refractivity contribution in [3.8, 4) is 0 Å². The van der Waals surface area contributed by atoms with Crippen molar-refractivity contribution < 1.29 is 12.8 Å². The Balaban J connectivity index is 1.61. The number of H-pyrrole nitrogens is 1. The first-order valence-electron chi connectivity index (χ1n) is 8.83. The average Bonchev–Trinajstić information content (AvgIpc) is 3.25. The minimum atomic E-state index is -3.75. The number of para-hydroxylation sites is 1. The van der Waals surface area contributed by atoms with Crippen LogP contribution < -0.4 is 4.72 Å². The van der Waals surface area contributed by atoms with Crippen LogP contribution in [0.1, 0.15) is 11.3 Å². The van der Waals surface area contributed by atoms with Crippen LogP contribution in [0.5, 0.6) is 0 Å². The van der Waals surface area contributed by atoms with Gasteiger partial charge in [-0.1, -0.05) is 18.2 Å². The van der Waals surface area contributed by atoms with Crippen LogP contribution in [0.15, 0.2) is 58.0 Å². The number of rotatable bonds is 3. The van der Waals surface area contributed by atoms with E-state index in [1.807, 2.05) is 12.1 Å². The maximum atomic E-state index is 13.1. The third-order valence-electron chi connectivity index (χ3n) is 5.19. The fourth-order valence-corrected chi connectivity index (χ4v) is 5.17. The van der Waals surface area contributed by atoms with E-state index in [9.17, 15) is 8.42 Å². The lowest BCUT2D eigenvalue weighted by Gasteiger charge is -2.22. The quantitative estimate of drug-likeness (QED) is 0.567. The lowest BCUT2D eigenvalue weighted by atomic mass is 10.0. The number of sulfonamides is 1. The van der Waals surface area contributed by atoms with Gasteiger partial charge < -0.3 is 14.3 Å². The number of hydrogen-bond donors (Lipinski definition) is 2. The standard InChI is InChI=1S/C20H19N3O3S/c1-23-10-8-13-14-4-2-5-16(20(14)21-17(13)12-23)22-27(24,25)19-7-3-6-18-15(19)9-11-26-18/h2-7,9,11,21-22H,8,10,12H2,1H3. The summed E-state index contributed by atoms with van der Waals surface area (Å²) < 4.78 is 34.3. The molecule has 0 bridgehead atoms. The van der Waals surface area contributed by atoms with Crippen LogP contribution in [-0.4, -0.2) is 31.9 Å². The number of hydrogen-bond acceptors (Lipinski definition) is 4. The van der Waals surface area contributed by atoms with E-state index in [-0.39, 0.29) is 4.90 Å². The van der Waals surface area contributed by atoms with Crippen molar-refractivity contribution in [3.63, 3.8) is 0 Å². The Hall–Kier alpha value is -2.77. The molecule has 2 N–H and O–H groups in total. The molecular weight excluding hydrogens is 362 g/mol. The third-order valence-corrected chi connectivity index (χ3v) is 6.61. The minimum Gasteiger partial charge on any atom is -0.464 e. The molecule has 3 heterocycles. The second kappa shape index (κ2) is 5.87. The molecule has 0 amide bonds. The fraction of sp³-hybridized carbons (Fsp3) is 0.200. The van der Waals surface area contributed by atoms with Crippen LogP contribution in [0.4, 0.5) is 5.69 Å². The van der Waals surface area contributed by atoms with Gasteiger partial charge in [-0.05, 0) is 43.3 Å². The fourth-order valence-electron chi connectivity index (χ4n) is 3.88. The number of nitrogens with one attached hydrogen (secondary N) is 2. The van der Waals surface area contributed by atoms with E-state index in [1.54, 1.807) is 30.3 Å². The normalized spacial score (nSPS) is 15.3. The Labute approximate surface area is 156 Å². The SMILES string of the molecule is CN1CCc2c([nH]c3c(NS(=O)(=O)c4cccc5occc45)cccc23)C1. The van der Waals surface area contributed by atoms with E-state index < -0.39 is 10.0 Å². The molecule has 0 fully saturated rings. The summed E-state index contributed by atoms with van der Waals surface area (Å²) in [5.41, 5.74) is 4.38. The van der Waals surface area contributed by atoms with Gasteiger partial charge in [0.05, 0.1) is 22.4 Å². The number of aromatic amines is 1. The molecule has 0 aliphatic carbocycles. The van der Waals surface area contributed by atoms with Gasteiger partial charge in [0, 0.05) is 29.6 Å². The van der Waals surface area contributed by atoms with Crippen molar-refractivity contribution in [2.75, 3.05) is 18.3 Å². The lowest BCUT2D eigenvalue weighted by Crippen LogP contribution is -2.26. The van der Waals surface area contributed by atoms with Crippen molar-refractivity contribution in [1.82, 2.24) is 9.88 Å². The first-order valence-corrected chi connectivity index (χ1v) is 10.3. The second-order valence-electron chi connectivity index (χ2n) is 6.99. The Morgan fingerprint density at radius 3 is 2.85 bits per heavy atom. The largest absolute Gasteiger partial charge is 0.464 e. The predicted octanol–water partition coefficient (Wildman–Crippen LogP) is 3.70. The molecule has 0 radical (unpaired) electrons. The molecule has 0 saturated heterocycles. The topological polar surface area (TPSA) is 78.3 Å².